The molecule has 2 rings (SSSR count). The molecule has 1 aliphatic rings. The van der Waals surface area contributed by atoms with Crippen molar-refractivity contribution < 1.29 is 0 Å². The second-order valence-corrected chi connectivity index (χ2v) is 7.68. The average molecular weight is 294 g/mol. The number of hydrogen-bond donors (Lipinski definition) is 1. The molecule has 2 heteroatoms. The molecular formula is C18H31NS. The van der Waals surface area contributed by atoms with Crippen LogP contribution in [0, 0.1) is 5.92 Å². The van der Waals surface area contributed by atoms with Gasteiger partial charge >= 0.3 is 0 Å². The number of nitrogens with one attached hydrogen (secondary N) is 1. The minimum Gasteiger partial charge on any atom is -0.313 e. The Morgan fingerprint density at radius 2 is 2.20 bits per heavy atom. The van der Waals surface area contributed by atoms with Gasteiger partial charge in [0, 0.05) is 16.8 Å². The summed E-state index contributed by atoms with van der Waals surface area (Å²) in [6, 6.07) is 3.09. The molecule has 0 amide bonds. The van der Waals surface area contributed by atoms with Crippen LogP contribution in [0.2, 0.25) is 0 Å². The van der Waals surface area contributed by atoms with Crippen molar-refractivity contribution in [2.24, 2.45) is 5.92 Å². The Morgan fingerprint density at radius 3 is 2.95 bits per heavy atom. The van der Waals surface area contributed by atoms with Gasteiger partial charge in [0.05, 0.1) is 0 Å². The lowest BCUT2D eigenvalue weighted by atomic mass is 9.80. The van der Waals surface area contributed by atoms with E-state index in [4.69, 9.17) is 0 Å². The summed E-state index contributed by atoms with van der Waals surface area (Å²) in [6.07, 6.45) is 9.40. The molecule has 0 aliphatic heterocycles. The standard InChI is InChI=1S/C18H31NS/c1-4-12-19-17(9-5-7-14(2)3)15-8-6-10-18-16(15)11-13-20-18/h11,13-15,17,19H,4-10,12H2,1-3H3. The van der Waals surface area contributed by atoms with E-state index in [-0.39, 0.29) is 0 Å². The Kier molecular flexibility index (Phi) is 6.57. The summed E-state index contributed by atoms with van der Waals surface area (Å²) < 4.78 is 0. The van der Waals surface area contributed by atoms with Crippen LogP contribution in [-0.2, 0) is 6.42 Å². The Hall–Kier alpha value is -0.340. The molecule has 0 bridgehead atoms. The molecule has 114 valence electrons. The minimum absolute atomic E-state index is 0.697. The van der Waals surface area contributed by atoms with Crippen LogP contribution in [0.15, 0.2) is 11.4 Å². The van der Waals surface area contributed by atoms with Gasteiger partial charge in [-0.15, -0.1) is 11.3 Å². The molecule has 0 fully saturated rings. The summed E-state index contributed by atoms with van der Waals surface area (Å²) in [5, 5.41) is 6.15. The van der Waals surface area contributed by atoms with Gasteiger partial charge in [-0.2, -0.15) is 0 Å². The number of aryl methyl sites for hydroxylation is 1. The maximum Gasteiger partial charge on any atom is 0.0136 e. The van der Waals surface area contributed by atoms with Crippen molar-refractivity contribution in [3.05, 3.63) is 21.9 Å². The van der Waals surface area contributed by atoms with Crippen molar-refractivity contribution in [1.29, 1.82) is 0 Å². The van der Waals surface area contributed by atoms with Gasteiger partial charge in [-0.05, 0) is 61.6 Å². The van der Waals surface area contributed by atoms with Crippen molar-refractivity contribution in [2.45, 2.75) is 77.7 Å². The summed E-state index contributed by atoms with van der Waals surface area (Å²) >= 11 is 1.97. The predicted molar refractivity (Wildman–Crippen MR) is 90.8 cm³/mol. The van der Waals surface area contributed by atoms with Gasteiger partial charge in [0.2, 0.25) is 0 Å². The zero-order chi connectivity index (χ0) is 14.4. The fourth-order valence-electron chi connectivity index (χ4n) is 3.46. The van der Waals surface area contributed by atoms with Crippen LogP contribution in [0.3, 0.4) is 0 Å². The first-order valence-electron chi connectivity index (χ1n) is 8.52. The molecule has 1 aromatic rings. The van der Waals surface area contributed by atoms with Crippen LogP contribution in [0.1, 0.15) is 75.7 Å². The molecule has 2 atom stereocenters. The Balaban J connectivity index is 1.99. The van der Waals surface area contributed by atoms with Gasteiger partial charge in [0.15, 0.2) is 0 Å². The van der Waals surface area contributed by atoms with E-state index < -0.39 is 0 Å². The highest BCUT2D eigenvalue weighted by Gasteiger charge is 2.27. The number of rotatable bonds is 8. The molecule has 0 radical (unpaired) electrons. The van der Waals surface area contributed by atoms with E-state index in [2.05, 4.69) is 37.5 Å². The molecule has 1 heterocycles. The highest BCUT2D eigenvalue weighted by Crippen LogP contribution is 2.38. The molecule has 0 saturated carbocycles. The third kappa shape index (κ3) is 4.33. The first-order valence-corrected chi connectivity index (χ1v) is 9.40. The first kappa shape index (κ1) is 16.0. The lowest BCUT2D eigenvalue weighted by Crippen LogP contribution is -2.36. The molecular weight excluding hydrogens is 262 g/mol. The Labute approximate surface area is 129 Å². The maximum atomic E-state index is 3.85. The quantitative estimate of drug-likeness (QED) is 0.680. The Bertz CT molecular complexity index is 383. The third-order valence-electron chi connectivity index (χ3n) is 4.54. The van der Waals surface area contributed by atoms with Gasteiger partial charge in [0.1, 0.15) is 0 Å². The number of fused-ring (bicyclic) bond motifs is 1. The van der Waals surface area contributed by atoms with E-state index in [0.29, 0.717) is 6.04 Å². The summed E-state index contributed by atoms with van der Waals surface area (Å²) in [4.78, 5) is 1.66. The van der Waals surface area contributed by atoms with Crippen molar-refractivity contribution in [1.82, 2.24) is 5.32 Å². The summed E-state index contributed by atoms with van der Waals surface area (Å²) in [7, 11) is 0. The molecule has 20 heavy (non-hydrogen) atoms. The van der Waals surface area contributed by atoms with Crippen molar-refractivity contribution in [3.63, 3.8) is 0 Å². The molecule has 1 aromatic heterocycles. The van der Waals surface area contributed by atoms with Gasteiger partial charge in [-0.25, -0.2) is 0 Å². The van der Waals surface area contributed by atoms with E-state index in [1.165, 1.54) is 51.5 Å². The van der Waals surface area contributed by atoms with E-state index in [9.17, 15) is 0 Å². The van der Waals surface area contributed by atoms with Crippen molar-refractivity contribution in [3.8, 4) is 0 Å². The fraction of sp³-hybridized carbons (Fsp3) is 0.778. The van der Waals surface area contributed by atoms with Crippen LogP contribution in [0.4, 0.5) is 0 Å². The lowest BCUT2D eigenvalue weighted by molar-refractivity contribution is 0.357. The highest BCUT2D eigenvalue weighted by molar-refractivity contribution is 7.10. The molecule has 0 aromatic carbocycles. The molecule has 0 saturated heterocycles. The Morgan fingerprint density at radius 1 is 1.35 bits per heavy atom. The van der Waals surface area contributed by atoms with Gasteiger partial charge in [-0.1, -0.05) is 33.6 Å². The number of hydrogen-bond acceptors (Lipinski definition) is 2. The van der Waals surface area contributed by atoms with E-state index in [1.54, 1.807) is 10.4 Å². The fourth-order valence-corrected chi connectivity index (χ4v) is 4.46. The zero-order valence-corrected chi connectivity index (χ0v) is 14.3. The summed E-state index contributed by atoms with van der Waals surface area (Å²) in [5.74, 6) is 1.61. The summed E-state index contributed by atoms with van der Waals surface area (Å²) in [6.45, 7) is 8.12. The SMILES string of the molecule is CCCNC(CCCC(C)C)C1CCCc2sccc21. The topological polar surface area (TPSA) is 12.0 Å². The third-order valence-corrected chi connectivity index (χ3v) is 5.53. The second kappa shape index (κ2) is 8.19. The number of thiophene rings is 1. The highest BCUT2D eigenvalue weighted by atomic mass is 32.1. The van der Waals surface area contributed by atoms with Gasteiger partial charge in [0.25, 0.3) is 0 Å². The molecule has 1 aliphatic carbocycles. The van der Waals surface area contributed by atoms with Crippen LogP contribution in [0.25, 0.3) is 0 Å². The maximum absolute atomic E-state index is 3.85. The minimum atomic E-state index is 0.697. The molecule has 2 unspecified atom stereocenters. The first-order chi connectivity index (χ1) is 9.72. The van der Waals surface area contributed by atoms with Crippen molar-refractivity contribution >= 4 is 11.3 Å². The molecule has 1 N–H and O–H groups in total. The van der Waals surface area contributed by atoms with E-state index in [0.717, 1.165) is 11.8 Å². The monoisotopic (exact) mass is 293 g/mol. The lowest BCUT2D eigenvalue weighted by Gasteiger charge is -2.32. The zero-order valence-electron chi connectivity index (χ0n) is 13.5. The summed E-state index contributed by atoms with van der Waals surface area (Å²) in [5.41, 5.74) is 1.67. The normalized spacial score (nSPS) is 20.1. The van der Waals surface area contributed by atoms with Gasteiger partial charge < -0.3 is 5.32 Å². The predicted octanol–water partition coefficient (Wildman–Crippen LogP) is 5.36. The largest absolute Gasteiger partial charge is 0.313 e. The molecule has 0 spiro atoms. The van der Waals surface area contributed by atoms with Crippen LogP contribution < -0.4 is 5.32 Å². The second-order valence-electron chi connectivity index (χ2n) is 6.68. The van der Waals surface area contributed by atoms with Crippen LogP contribution in [0.5, 0.6) is 0 Å². The van der Waals surface area contributed by atoms with Gasteiger partial charge in [-0.3, -0.25) is 0 Å². The van der Waals surface area contributed by atoms with E-state index in [1.807, 2.05) is 11.3 Å². The van der Waals surface area contributed by atoms with Crippen LogP contribution in [-0.4, -0.2) is 12.6 Å². The van der Waals surface area contributed by atoms with Crippen LogP contribution >= 0.6 is 11.3 Å². The molecule has 1 nitrogen and oxygen atoms in total. The smallest absolute Gasteiger partial charge is 0.0136 e. The van der Waals surface area contributed by atoms with Crippen molar-refractivity contribution in [2.75, 3.05) is 6.54 Å². The van der Waals surface area contributed by atoms with E-state index >= 15 is 0 Å². The average Bonchev–Trinajstić information content (AvgIpc) is 2.90.